The summed E-state index contributed by atoms with van der Waals surface area (Å²) in [6.45, 7) is -0.371. The summed E-state index contributed by atoms with van der Waals surface area (Å²) in [4.78, 5) is 51.4. The predicted octanol–water partition coefficient (Wildman–Crippen LogP) is 1.09. The van der Waals surface area contributed by atoms with E-state index >= 15 is 0 Å². The highest BCUT2D eigenvalue weighted by Gasteiger charge is 2.52. The van der Waals surface area contributed by atoms with Gasteiger partial charge >= 0.3 is 17.7 Å². The number of amides is 1. The first-order valence-electron chi connectivity index (χ1n) is 11.1. The number of hydrogen-bond donors (Lipinski definition) is 2. The Morgan fingerprint density at radius 2 is 1.94 bits per heavy atom. The lowest BCUT2D eigenvalue weighted by molar-refractivity contribution is -0.0930. The minimum Gasteiger partial charge on any atom is -0.438 e. The molecule has 3 aliphatic heterocycles. The predicted molar refractivity (Wildman–Crippen MR) is 115 cm³/mol. The number of halogens is 2. The summed E-state index contributed by atoms with van der Waals surface area (Å²) in [5.41, 5.74) is -1.26. The van der Waals surface area contributed by atoms with E-state index < -0.39 is 35.9 Å². The molecule has 0 spiro atoms. The largest absolute Gasteiger partial charge is 0.438 e. The molecule has 12 nitrogen and oxygen atoms in total. The molecule has 0 aliphatic carbocycles. The SMILES string of the molecule is O=C(OC1CN(c2ncnc3oc(-c4c[nH]c(=O)[nH]c4=O)cc23)CC1(F)F)N1CC2CCC(C1)O2. The first-order valence-corrected chi connectivity index (χ1v) is 11.1. The third-order valence-corrected chi connectivity index (χ3v) is 6.50. The molecule has 6 heterocycles. The number of carbonyl (C=O) groups excluding carboxylic acids is 1. The quantitative estimate of drug-likeness (QED) is 0.551. The van der Waals surface area contributed by atoms with Crippen LogP contribution >= 0.6 is 0 Å². The van der Waals surface area contributed by atoms with Crippen LogP contribution in [0.2, 0.25) is 0 Å². The number of likely N-dealkylation sites (tertiary alicyclic amines) is 1. The number of furan rings is 1. The average Bonchev–Trinajstić information content (AvgIpc) is 3.48. The lowest BCUT2D eigenvalue weighted by Gasteiger charge is -2.32. The Balaban J connectivity index is 1.25. The summed E-state index contributed by atoms with van der Waals surface area (Å²) < 4.78 is 46.3. The molecule has 2 N–H and O–H groups in total. The number of ether oxygens (including phenoxy) is 2. The Morgan fingerprint density at radius 1 is 1.17 bits per heavy atom. The van der Waals surface area contributed by atoms with E-state index in [2.05, 4.69) is 19.9 Å². The number of morpholine rings is 1. The number of nitrogens with one attached hydrogen (secondary N) is 2. The van der Waals surface area contributed by atoms with Crippen molar-refractivity contribution < 1.29 is 27.5 Å². The number of anilines is 1. The zero-order chi connectivity index (χ0) is 24.3. The van der Waals surface area contributed by atoms with E-state index in [9.17, 15) is 23.2 Å². The van der Waals surface area contributed by atoms with E-state index in [4.69, 9.17) is 13.9 Å². The number of alkyl halides is 2. The molecule has 3 aromatic heterocycles. The van der Waals surface area contributed by atoms with Gasteiger partial charge in [-0.1, -0.05) is 0 Å². The summed E-state index contributed by atoms with van der Waals surface area (Å²) in [7, 11) is 0. The molecule has 3 aliphatic rings. The summed E-state index contributed by atoms with van der Waals surface area (Å²) in [6.07, 6.45) is 1.39. The molecular weight excluding hydrogens is 470 g/mol. The third-order valence-electron chi connectivity index (χ3n) is 6.50. The molecule has 3 unspecified atom stereocenters. The molecule has 184 valence electrons. The minimum absolute atomic E-state index is 0.0339. The van der Waals surface area contributed by atoms with Crippen LogP contribution in [0, 0.1) is 0 Å². The Hall–Kier alpha value is -3.81. The molecule has 35 heavy (non-hydrogen) atoms. The van der Waals surface area contributed by atoms with Crippen LogP contribution in [0.5, 0.6) is 0 Å². The van der Waals surface area contributed by atoms with Gasteiger partial charge in [-0.25, -0.2) is 28.3 Å². The van der Waals surface area contributed by atoms with Crippen molar-refractivity contribution in [3.8, 4) is 11.3 Å². The fraction of sp³-hybridized carbons (Fsp3) is 0.476. The van der Waals surface area contributed by atoms with Gasteiger partial charge in [-0.3, -0.25) is 9.78 Å². The van der Waals surface area contributed by atoms with Crippen LogP contribution in [0.1, 0.15) is 12.8 Å². The van der Waals surface area contributed by atoms with E-state index in [1.54, 1.807) is 0 Å². The van der Waals surface area contributed by atoms with Gasteiger partial charge in [0.15, 0.2) is 6.10 Å². The van der Waals surface area contributed by atoms with Crippen LogP contribution in [0.3, 0.4) is 0 Å². The Labute approximate surface area is 194 Å². The van der Waals surface area contributed by atoms with Crippen LogP contribution < -0.4 is 16.1 Å². The molecule has 1 amide bonds. The number of aromatic nitrogens is 4. The van der Waals surface area contributed by atoms with Gasteiger partial charge in [-0.2, -0.15) is 0 Å². The maximum absolute atomic E-state index is 14.9. The number of nitrogens with zero attached hydrogens (tertiary/aromatic N) is 4. The number of H-pyrrole nitrogens is 2. The van der Waals surface area contributed by atoms with Crippen LogP contribution in [0.4, 0.5) is 19.4 Å². The number of fused-ring (bicyclic) bond motifs is 3. The first kappa shape index (κ1) is 21.7. The summed E-state index contributed by atoms with van der Waals surface area (Å²) >= 11 is 0. The summed E-state index contributed by atoms with van der Waals surface area (Å²) in [5.74, 6) is -3.09. The zero-order valence-electron chi connectivity index (χ0n) is 18.2. The van der Waals surface area contributed by atoms with Gasteiger partial charge in [-0.05, 0) is 18.9 Å². The van der Waals surface area contributed by atoms with E-state index in [1.165, 1.54) is 22.1 Å². The zero-order valence-corrected chi connectivity index (χ0v) is 18.2. The van der Waals surface area contributed by atoms with Crippen LogP contribution in [-0.4, -0.2) is 81.3 Å². The standard InChI is InChI=1S/C21H20F2N6O6/c22-21(23)8-29(7-15(21)35-20(32)28-5-10-1-2-11(6-28)33-10)16-12-3-14(34-18(12)26-9-25-16)13-4-24-19(31)27-17(13)30/h3-4,9-11,15H,1-2,5-8H2,(H2,24,27,30,31). The van der Waals surface area contributed by atoms with Gasteiger partial charge in [0.2, 0.25) is 5.71 Å². The van der Waals surface area contributed by atoms with Gasteiger partial charge < -0.3 is 28.7 Å². The van der Waals surface area contributed by atoms with E-state index in [0.29, 0.717) is 18.5 Å². The van der Waals surface area contributed by atoms with Crippen LogP contribution in [0.15, 0.2) is 32.6 Å². The lowest BCUT2D eigenvalue weighted by Crippen LogP contribution is -2.48. The van der Waals surface area contributed by atoms with Crippen molar-refractivity contribution in [2.24, 2.45) is 0 Å². The van der Waals surface area contributed by atoms with Crippen molar-refractivity contribution in [1.29, 1.82) is 0 Å². The van der Waals surface area contributed by atoms with E-state index in [1.807, 2.05) is 0 Å². The Bertz CT molecular complexity index is 1410. The second kappa shape index (κ2) is 7.86. The van der Waals surface area contributed by atoms with Gasteiger partial charge in [-0.15, -0.1) is 0 Å². The maximum Gasteiger partial charge on any atom is 0.410 e. The highest BCUT2D eigenvalue weighted by Crippen LogP contribution is 2.37. The van der Waals surface area contributed by atoms with Gasteiger partial charge in [0, 0.05) is 6.20 Å². The molecule has 0 saturated carbocycles. The van der Waals surface area contributed by atoms with Gasteiger partial charge in [0.25, 0.3) is 5.56 Å². The normalized spacial score (nSPS) is 25.4. The van der Waals surface area contributed by atoms with E-state index in [0.717, 1.165) is 19.2 Å². The Kier molecular flexibility index (Phi) is 4.88. The second-order valence-corrected chi connectivity index (χ2v) is 8.89. The molecule has 3 fully saturated rings. The minimum atomic E-state index is -3.32. The molecule has 0 aromatic carbocycles. The number of rotatable bonds is 3. The molecule has 2 bridgehead atoms. The molecule has 0 radical (unpaired) electrons. The van der Waals surface area contributed by atoms with Gasteiger partial charge in [0.1, 0.15) is 17.9 Å². The first-order chi connectivity index (χ1) is 16.8. The van der Waals surface area contributed by atoms with Crippen LogP contribution in [0.25, 0.3) is 22.4 Å². The summed E-state index contributed by atoms with van der Waals surface area (Å²) in [5, 5.41) is 0.292. The highest BCUT2D eigenvalue weighted by molar-refractivity contribution is 5.89. The molecular formula is C21H20F2N6O6. The second-order valence-electron chi connectivity index (χ2n) is 8.89. The van der Waals surface area contributed by atoms with Crippen molar-refractivity contribution in [3.63, 3.8) is 0 Å². The topological polar surface area (TPSA) is 147 Å². The molecule has 3 saturated heterocycles. The summed E-state index contributed by atoms with van der Waals surface area (Å²) in [6, 6.07) is 1.44. The van der Waals surface area contributed by atoms with Crippen molar-refractivity contribution in [2.45, 2.75) is 37.1 Å². The lowest BCUT2D eigenvalue weighted by atomic mass is 10.2. The fourth-order valence-electron chi connectivity index (χ4n) is 4.82. The smallest absolute Gasteiger partial charge is 0.410 e. The molecule has 3 atom stereocenters. The van der Waals surface area contributed by atoms with Crippen molar-refractivity contribution >= 4 is 23.0 Å². The number of hydrogen-bond acceptors (Lipinski definition) is 9. The highest BCUT2D eigenvalue weighted by atomic mass is 19.3. The number of aromatic amines is 2. The van der Waals surface area contributed by atoms with Gasteiger partial charge in [0.05, 0.1) is 49.3 Å². The fourth-order valence-corrected chi connectivity index (χ4v) is 4.82. The monoisotopic (exact) mass is 490 g/mol. The molecule has 3 aromatic rings. The van der Waals surface area contributed by atoms with E-state index in [-0.39, 0.29) is 41.6 Å². The molecule has 14 heteroatoms. The maximum atomic E-state index is 14.9. The van der Waals surface area contributed by atoms with Crippen molar-refractivity contribution in [1.82, 2.24) is 24.8 Å². The third kappa shape index (κ3) is 3.83. The van der Waals surface area contributed by atoms with Crippen LogP contribution in [-0.2, 0) is 9.47 Å². The van der Waals surface area contributed by atoms with Crippen molar-refractivity contribution in [2.75, 3.05) is 31.1 Å². The average molecular weight is 490 g/mol. The molecule has 6 rings (SSSR count). The van der Waals surface area contributed by atoms with Crippen molar-refractivity contribution in [3.05, 3.63) is 39.4 Å². The Morgan fingerprint density at radius 3 is 2.69 bits per heavy atom. The number of carbonyl (C=O) groups is 1.